The first-order chi connectivity index (χ1) is 16.5. The molecule has 0 unspecified atom stereocenters. The summed E-state index contributed by atoms with van der Waals surface area (Å²) in [5.74, 6) is -1.36. The molecule has 0 heterocycles. The Morgan fingerprint density at radius 1 is 1.06 bits per heavy atom. The first-order valence-electron chi connectivity index (χ1n) is 11.2. The van der Waals surface area contributed by atoms with Crippen LogP contribution in [0.25, 0.3) is 0 Å². The Labute approximate surface area is 216 Å². The van der Waals surface area contributed by atoms with Crippen LogP contribution in [-0.4, -0.2) is 50.5 Å². The largest absolute Gasteiger partial charge is 0.355 e. The van der Waals surface area contributed by atoms with E-state index in [0.29, 0.717) is 28.6 Å². The molecular weight excluding hydrogens is 516 g/mol. The zero-order valence-electron chi connectivity index (χ0n) is 19.9. The number of hydrogen-bond acceptors (Lipinski definition) is 4. The van der Waals surface area contributed by atoms with Crippen molar-refractivity contribution < 1.29 is 22.4 Å². The summed E-state index contributed by atoms with van der Waals surface area (Å²) in [7, 11) is -3.79. The number of nitrogens with one attached hydrogen (secondary N) is 1. The van der Waals surface area contributed by atoms with E-state index in [0.717, 1.165) is 10.6 Å². The molecule has 192 valence electrons. The molecule has 2 aromatic rings. The highest BCUT2D eigenvalue weighted by atomic mass is 35.5. The molecule has 0 aliphatic rings. The summed E-state index contributed by atoms with van der Waals surface area (Å²) in [6.45, 7) is 3.87. The van der Waals surface area contributed by atoms with Gasteiger partial charge in [0.25, 0.3) is 0 Å². The maximum atomic E-state index is 14.3. The molecule has 0 aliphatic heterocycles. The molecule has 35 heavy (non-hydrogen) atoms. The van der Waals surface area contributed by atoms with Gasteiger partial charge in [-0.15, -0.1) is 0 Å². The fraction of sp³-hybridized carbons (Fsp3) is 0.417. The van der Waals surface area contributed by atoms with E-state index in [1.807, 2.05) is 0 Å². The summed E-state index contributed by atoms with van der Waals surface area (Å²) < 4.78 is 39.8. The quantitative estimate of drug-likeness (QED) is 0.421. The number of benzene rings is 2. The van der Waals surface area contributed by atoms with E-state index in [9.17, 15) is 22.4 Å². The van der Waals surface area contributed by atoms with Crippen LogP contribution in [0.1, 0.15) is 38.7 Å². The molecule has 11 heteroatoms. The lowest BCUT2D eigenvalue weighted by Gasteiger charge is -2.31. The third kappa shape index (κ3) is 7.81. The number of rotatable bonds is 12. The van der Waals surface area contributed by atoms with Gasteiger partial charge >= 0.3 is 0 Å². The highest BCUT2D eigenvalue weighted by Gasteiger charge is 2.30. The molecule has 0 saturated carbocycles. The van der Waals surface area contributed by atoms with E-state index in [4.69, 9.17) is 23.2 Å². The van der Waals surface area contributed by atoms with Gasteiger partial charge in [0.05, 0.1) is 11.9 Å². The monoisotopic (exact) mass is 545 g/mol. The number of nitrogens with zero attached hydrogens (tertiary/aromatic N) is 2. The molecule has 0 spiro atoms. The van der Waals surface area contributed by atoms with Crippen molar-refractivity contribution in [2.75, 3.05) is 23.7 Å². The fourth-order valence-electron chi connectivity index (χ4n) is 3.70. The maximum Gasteiger partial charge on any atom is 0.242 e. The van der Waals surface area contributed by atoms with Crippen molar-refractivity contribution in [2.24, 2.45) is 0 Å². The zero-order valence-corrected chi connectivity index (χ0v) is 22.3. The SMILES string of the molecule is CCNC(=O)[C@H](CC)N(Cc1c(Cl)cccc1Cl)C(=O)CCCN(c1ccccc1F)S(C)(=O)=O. The topological polar surface area (TPSA) is 86.8 Å². The lowest BCUT2D eigenvalue weighted by Crippen LogP contribution is -2.49. The van der Waals surface area contributed by atoms with Crippen molar-refractivity contribution >= 4 is 50.7 Å². The Bertz CT molecular complexity index is 1130. The molecule has 7 nitrogen and oxygen atoms in total. The molecule has 0 aliphatic carbocycles. The molecule has 2 aromatic carbocycles. The molecular formula is C24H30Cl2FN3O4S. The Morgan fingerprint density at radius 3 is 2.23 bits per heavy atom. The smallest absolute Gasteiger partial charge is 0.242 e. The van der Waals surface area contributed by atoms with Gasteiger partial charge in [-0.2, -0.15) is 0 Å². The first-order valence-corrected chi connectivity index (χ1v) is 13.8. The van der Waals surface area contributed by atoms with E-state index in [2.05, 4.69) is 5.32 Å². The normalized spacial score (nSPS) is 12.2. The number of anilines is 1. The van der Waals surface area contributed by atoms with Crippen LogP contribution >= 0.6 is 23.2 Å². The molecule has 0 aromatic heterocycles. The van der Waals surface area contributed by atoms with Crippen LogP contribution in [0.2, 0.25) is 10.0 Å². The molecule has 0 saturated heterocycles. The Kier molecular flexibility index (Phi) is 10.8. The second-order valence-corrected chi connectivity index (χ2v) is 10.7. The Morgan fingerprint density at radius 2 is 1.69 bits per heavy atom. The molecule has 2 amide bonds. The van der Waals surface area contributed by atoms with Crippen LogP contribution in [0, 0.1) is 5.82 Å². The summed E-state index contributed by atoms with van der Waals surface area (Å²) in [4.78, 5) is 27.5. The minimum Gasteiger partial charge on any atom is -0.355 e. The van der Waals surface area contributed by atoms with Crippen LogP contribution in [0.5, 0.6) is 0 Å². The average molecular weight is 546 g/mol. The van der Waals surface area contributed by atoms with E-state index in [1.54, 1.807) is 32.0 Å². The summed E-state index contributed by atoms with van der Waals surface area (Å²) in [6.07, 6.45) is 1.37. The summed E-state index contributed by atoms with van der Waals surface area (Å²) >= 11 is 12.6. The van der Waals surface area contributed by atoms with Gasteiger partial charge in [-0.1, -0.05) is 48.3 Å². The van der Waals surface area contributed by atoms with Gasteiger partial charge in [0.1, 0.15) is 11.9 Å². The zero-order chi connectivity index (χ0) is 26.2. The standard InChI is InChI=1S/C24H30Cl2FN3O4S/c1-4-21(24(32)28-5-2)29(16-17-18(25)10-8-11-19(17)26)23(31)14-9-15-30(35(3,33)34)22-13-7-6-12-20(22)27/h6-8,10-13,21H,4-5,9,14-16H2,1-3H3,(H,28,32)/t21-/m0/s1. The lowest BCUT2D eigenvalue weighted by atomic mass is 10.1. The number of carbonyl (C=O) groups is 2. The van der Waals surface area contributed by atoms with Gasteiger partial charge in [0.15, 0.2) is 0 Å². The summed E-state index contributed by atoms with van der Waals surface area (Å²) in [5, 5.41) is 3.47. The minimum absolute atomic E-state index is 0.0100. The number of carbonyl (C=O) groups excluding carboxylic acids is 2. The second kappa shape index (κ2) is 13.1. The predicted octanol–water partition coefficient (Wildman–Crippen LogP) is 4.62. The van der Waals surface area contributed by atoms with E-state index in [-0.39, 0.29) is 43.4 Å². The van der Waals surface area contributed by atoms with E-state index < -0.39 is 21.9 Å². The highest BCUT2D eigenvalue weighted by molar-refractivity contribution is 7.92. The predicted molar refractivity (Wildman–Crippen MR) is 138 cm³/mol. The molecule has 0 bridgehead atoms. The van der Waals surface area contributed by atoms with Gasteiger partial charge < -0.3 is 10.2 Å². The Hall–Kier alpha value is -2.36. The second-order valence-electron chi connectivity index (χ2n) is 7.93. The van der Waals surface area contributed by atoms with Gasteiger partial charge in [-0.25, -0.2) is 12.8 Å². The van der Waals surface area contributed by atoms with Crippen molar-refractivity contribution in [1.29, 1.82) is 0 Å². The van der Waals surface area contributed by atoms with Crippen LogP contribution < -0.4 is 9.62 Å². The lowest BCUT2D eigenvalue weighted by molar-refractivity contribution is -0.141. The third-order valence-electron chi connectivity index (χ3n) is 5.40. The number of para-hydroxylation sites is 1. The third-order valence-corrected chi connectivity index (χ3v) is 7.29. The van der Waals surface area contributed by atoms with E-state index >= 15 is 0 Å². The summed E-state index contributed by atoms with van der Waals surface area (Å²) in [5.41, 5.74) is 0.423. The first kappa shape index (κ1) is 28.9. The molecule has 0 radical (unpaired) electrons. The average Bonchev–Trinajstić information content (AvgIpc) is 2.78. The van der Waals surface area contributed by atoms with Crippen molar-refractivity contribution in [3.63, 3.8) is 0 Å². The minimum atomic E-state index is -3.79. The highest BCUT2D eigenvalue weighted by Crippen LogP contribution is 2.28. The van der Waals surface area contributed by atoms with Crippen molar-refractivity contribution in [2.45, 2.75) is 45.7 Å². The maximum absolute atomic E-state index is 14.3. The van der Waals surface area contributed by atoms with Gasteiger partial charge in [-0.05, 0) is 44.0 Å². The van der Waals surface area contributed by atoms with Crippen LogP contribution in [0.15, 0.2) is 42.5 Å². The molecule has 2 rings (SSSR count). The van der Waals surface area contributed by atoms with Gasteiger partial charge in [0.2, 0.25) is 21.8 Å². The van der Waals surface area contributed by atoms with Crippen LogP contribution in [0.4, 0.5) is 10.1 Å². The molecule has 0 fully saturated rings. The van der Waals surface area contributed by atoms with Gasteiger partial charge in [0, 0.05) is 41.7 Å². The number of amides is 2. The van der Waals surface area contributed by atoms with Crippen LogP contribution in [-0.2, 0) is 26.2 Å². The molecule has 1 atom stereocenters. The number of likely N-dealkylation sites (N-methyl/N-ethyl adjacent to an activating group) is 1. The van der Waals surface area contributed by atoms with Crippen molar-refractivity contribution in [1.82, 2.24) is 10.2 Å². The molecule has 1 N–H and O–H groups in total. The van der Waals surface area contributed by atoms with E-state index in [1.165, 1.54) is 29.2 Å². The fourth-order valence-corrected chi connectivity index (χ4v) is 5.18. The number of sulfonamides is 1. The van der Waals surface area contributed by atoms with Gasteiger partial charge in [-0.3, -0.25) is 13.9 Å². The van der Waals surface area contributed by atoms with Crippen LogP contribution in [0.3, 0.4) is 0 Å². The van der Waals surface area contributed by atoms with Crippen molar-refractivity contribution in [3.05, 3.63) is 63.9 Å². The van der Waals surface area contributed by atoms with Crippen molar-refractivity contribution in [3.8, 4) is 0 Å². The number of halogens is 3. The Balaban J connectivity index is 2.27. The summed E-state index contributed by atoms with van der Waals surface area (Å²) in [6, 6.07) is 9.75. The number of hydrogen-bond donors (Lipinski definition) is 1.